The Balaban J connectivity index is 1.62. The van der Waals surface area contributed by atoms with Crippen LogP contribution in [0.4, 0.5) is 0 Å². The molecule has 0 bridgehead atoms. The number of benzene rings is 1. The van der Waals surface area contributed by atoms with Gasteiger partial charge < -0.3 is 4.74 Å². The Labute approximate surface area is 103 Å². The lowest BCUT2D eigenvalue weighted by atomic mass is 10.3. The lowest BCUT2D eigenvalue weighted by molar-refractivity contribution is 0.344. The van der Waals surface area contributed by atoms with Crippen LogP contribution in [0.2, 0.25) is 0 Å². The Morgan fingerprint density at radius 3 is 2.82 bits per heavy atom. The predicted molar refractivity (Wildman–Crippen MR) is 67.3 cm³/mol. The third kappa shape index (κ3) is 3.99. The third-order valence-electron chi connectivity index (χ3n) is 2.03. The molecule has 0 spiro atoms. The molecule has 17 heavy (non-hydrogen) atoms. The molecule has 0 aliphatic heterocycles. The van der Waals surface area contributed by atoms with Gasteiger partial charge in [-0.2, -0.15) is 16.9 Å². The minimum atomic E-state index is -0.263. The monoisotopic (exact) mass is 251 g/mol. The van der Waals surface area contributed by atoms with E-state index in [2.05, 4.69) is 15.2 Å². The van der Waals surface area contributed by atoms with Gasteiger partial charge in [-0.1, -0.05) is 18.2 Å². The van der Waals surface area contributed by atoms with Gasteiger partial charge in [0.2, 0.25) is 0 Å². The highest BCUT2D eigenvalue weighted by atomic mass is 32.2. The van der Waals surface area contributed by atoms with Crippen molar-refractivity contribution in [2.24, 2.45) is 0 Å². The lowest BCUT2D eigenvalue weighted by Crippen LogP contribution is -2.02. The fraction of sp³-hybridized carbons (Fsp3) is 0.273. The first-order valence-electron chi connectivity index (χ1n) is 5.24. The first kappa shape index (κ1) is 11.8. The van der Waals surface area contributed by atoms with Gasteiger partial charge in [-0.15, -0.1) is 0 Å². The number of para-hydroxylation sites is 1. The third-order valence-corrected chi connectivity index (χ3v) is 2.96. The minimum absolute atomic E-state index is 0.263. The molecule has 0 radical (unpaired) electrons. The number of hydrogen-bond donors (Lipinski definition) is 2. The van der Waals surface area contributed by atoms with Gasteiger partial charge >= 0.3 is 5.69 Å². The van der Waals surface area contributed by atoms with Crippen LogP contribution in [-0.4, -0.2) is 27.5 Å². The zero-order valence-corrected chi connectivity index (χ0v) is 10.00. The van der Waals surface area contributed by atoms with E-state index in [-0.39, 0.29) is 5.69 Å². The number of rotatable bonds is 6. The molecule has 0 aliphatic carbocycles. The lowest BCUT2D eigenvalue weighted by Gasteiger charge is -2.04. The summed E-state index contributed by atoms with van der Waals surface area (Å²) in [4.78, 5) is 13.4. The Kier molecular flexibility index (Phi) is 4.26. The standard InChI is InChI=1S/C11H13N3O2S/c15-11-12-10(13-14-11)8-17-7-6-16-9-4-2-1-3-5-9/h1-5H,6-8H2,(H2,12,13,14,15). The van der Waals surface area contributed by atoms with Gasteiger partial charge in [0, 0.05) is 5.75 Å². The van der Waals surface area contributed by atoms with E-state index in [4.69, 9.17) is 4.74 Å². The summed E-state index contributed by atoms with van der Waals surface area (Å²) in [6, 6.07) is 9.69. The van der Waals surface area contributed by atoms with Crippen molar-refractivity contribution in [1.82, 2.24) is 15.2 Å². The van der Waals surface area contributed by atoms with E-state index in [1.165, 1.54) is 0 Å². The molecule has 2 N–H and O–H groups in total. The molecule has 1 heterocycles. The summed E-state index contributed by atoms with van der Waals surface area (Å²) >= 11 is 1.66. The molecule has 0 saturated carbocycles. The van der Waals surface area contributed by atoms with Crippen LogP contribution in [0, 0.1) is 0 Å². The number of hydrogen-bond acceptors (Lipinski definition) is 4. The Bertz CT molecular complexity index is 495. The highest BCUT2D eigenvalue weighted by Crippen LogP contribution is 2.10. The molecule has 6 heteroatoms. The first-order valence-corrected chi connectivity index (χ1v) is 6.39. The van der Waals surface area contributed by atoms with Gasteiger partial charge in [0.15, 0.2) is 0 Å². The van der Waals surface area contributed by atoms with Gasteiger partial charge in [-0.25, -0.2) is 9.89 Å². The van der Waals surface area contributed by atoms with Crippen molar-refractivity contribution in [2.75, 3.05) is 12.4 Å². The highest BCUT2D eigenvalue weighted by molar-refractivity contribution is 7.98. The van der Waals surface area contributed by atoms with Crippen molar-refractivity contribution in [3.05, 3.63) is 46.6 Å². The van der Waals surface area contributed by atoms with E-state index in [0.717, 1.165) is 11.5 Å². The van der Waals surface area contributed by atoms with E-state index in [1.807, 2.05) is 30.3 Å². The van der Waals surface area contributed by atoms with Gasteiger partial charge in [0.25, 0.3) is 0 Å². The van der Waals surface area contributed by atoms with Crippen molar-refractivity contribution >= 4 is 11.8 Å². The number of aromatic nitrogens is 3. The average Bonchev–Trinajstić information content (AvgIpc) is 2.76. The molecule has 2 aromatic rings. The summed E-state index contributed by atoms with van der Waals surface area (Å²) in [5.41, 5.74) is -0.263. The first-order chi connectivity index (χ1) is 8.34. The summed E-state index contributed by atoms with van der Waals surface area (Å²) in [6.45, 7) is 0.642. The summed E-state index contributed by atoms with van der Waals surface area (Å²) in [7, 11) is 0. The summed E-state index contributed by atoms with van der Waals surface area (Å²) < 4.78 is 5.53. The highest BCUT2D eigenvalue weighted by Gasteiger charge is 1.98. The fourth-order valence-corrected chi connectivity index (χ4v) is 1.95. The minimum Gasteiger partial charge on any atom is -0.493 e. The van der Waals surface area contributed by atoms with Crippen molar-refractivity contribution in [3.8, 4) is 5.75 Å². The quantitative estimate of drug-likeness (QED) is 0.761. The molecular formula is C11H13N3O2S. The molecule has 0 saturated heterocycles. The van der Waals surface area contributed by atoms with Crippen LogP contribution >= 0.6 is 11.8 Å². The second kappa shape index (κ2) is 6.15. The van der Waals surface area contributed by atoms with E-state index in [9.17, 15) is 4.79 Å². The molecule has 0 amide bonds. The Morgan fingerprint density at radius 2 is 2.12 bits per heavy atom. The number of ether oxygens (including phenoxy) is 1. The molecule has 0 aliphatic rings. The molecule has 1 aromatic carbocycles. The summed E-state index contributed by atoms with van der Waals surface area (Å²) in [6.07, 6.45) is 0. The second-order valence-corrected chi connectivity index (χ2v) is 4.44. The van der Waals surface area contributed by atoms with Crippen LogP contribution in [-0.2, 0) is 5.75 Å². The van der Waals surface area contributed by atoms with Crippen LogP contribution in [0.3, 0.4) is 0 Å². The Morgan fingerprint density at radius 1 is 1.29 bits per heavy atom. The van der Waals surface area contributed by atoms with Gasteiger partial charge in [-0.3, -0.25) is 4.98 Å². The zero-order valence-electron chi connectivity index (χ0n) is 9.18. The van der Waals surface area contributed by atoms with E-state index < -0.39 is 0 Å². The molecule has 2 rings (SSSR count). The number of nitrogens with zero attached hydrogens (tertiary/aromatic N) is 1. The molecular weight excluding hydrogens is 238 g/mol. The van der Waals surface area contributed by atoms with Crippen LogP contribution in [0.5, 0.6) is 5.75 Å². The fourth-order valence-electron chi connectivity index (χ4n) is 1.28. The largest absolute Gasteiger partial charge is 0.493 e. The molecule has 1 aromatic heterocycles. The van der Waals surface area contributed by atoms with E-state index >= 15 is 0 Å². The Hall–Kier alpha value is -1.69. The van der Waals surface area contributed by atoms with Crippen LogP contribution in [0.15, 0.2) is 35.1 Å². The SMILES string of the molecule is O=c1[nH]nc(CSCCOc2ccccc2)[nH]1. The maximum Gasteiger partial charge on any atom is 0.340 e. The topological polar surface area (TPSA) is 70.8 Å². The maximum absolute atomic E-state index is 10.8. The number of H-pyrrole nitrogens is 2. The van der Waals surface area contributed by atoms with Crippen molar-refractivity contribution in [2.45, 2.75) is 5.75 Å². The number of nitrogens with one attached hydrogen (secondary N) is 2. The molecule has 0 atom stereocenters. The number of aromatic amines is 2. The van der Waals surface area contributed by atoms with Gasteiger partial charge in [0.1, 0.15) is 11.6 Å². The second-order valence-electron chi connectivity index (χ2n) is 3.34. The summed E-state index contributed by atoms with van der Waals surface area (Å²) in [5, 5.41) is 6.15. The number of thioether (sulfide) groups is 1. The van der Waals surface area contributed by atoms with Gasteiger partial charge in [-0.05, 0) is 12.1 Å². The molecule has 5 nitrogen and oxygen atoms in total. The van der Waals surface area contributed by atoms with Crippen molar-refractivity contribution in [3.63, 3.8) is 0 Å². The normalized spacial score (nSPS) is 10.4. The van der Waals surface area contributed by atoms with Crippen LogP contribution < -0.4 is 10.4 Å². The molecule has 90 valence electrons. The maximum atomic E-state index is 10.8. The molecule has 0 unspecified atom stereocenters. The average molecular weight is 251 g/mol. The summed E-state index contributed by atoms with van der Waals surface area (Å²) in [5.74, 6) is 3.07. The zero-order chi connectivity index (χ0) is 11.9. The van der Waals surface area contributed by atoms with Gasteiger partial charge in [0.05, 0.1) is 12.4 Å². The van der Waals surface area contributed by atoms with E-state index in [1.54, 1.807) is 11.8 Å². The van der Waals surface area contributed by atoms with E-state index in [0.29, 0.717) is 18.2 Å². The van der Waals surface area contributed by atoms with Crippen molar-refractivity contribution in [1.29, 1.82) is 0 Å². The van der Waals surface area contributed by atoms with Crippen molar-refractivity contribution < 1.29 is 4.74 Å². The molecule has 0 fully saturated rings. The predicted octanol–water partition coefficient (Wildman–Crippen LogP) is 1.41. The van der Waals surface area contributed by atoms with Crippen LogP contribution in [0.1, 0.15) is 5.82 Å². The smallest absolute Gasteiger partial charge is 0.340 e. The van der Waals surface area contributed by atoms with Crippen LogP contribution in [0.25, 0.3) is 0 Å².